The van der Waals surface area contributed by atoms with Crippen molar-refractivity contribution in [3.8, 4) is 17.2 Å². The van der Waals surface area contributed by atoms with Crippen molar-refractivity contribution in [3.05, 3.63) is 53.1 Å². The Hall–Kier alpha value is -2.58. The van der Waals surface area contributed by atoms with Gasteiger partial charge in [0.25, 0.3) is 0 Å². The van der Waals surface area contributed by atoms with Crippen LogP contribution >= 0.6 is 0 Å². The number of benzene rings is 2. The molecule has 2 aromatic rings. The van der Waals surface area contributed by atoms with Crippen molar-refractivity contribution in [2.75, 3.05) is 13.2 Å². The molecule has 27 heavy (non-hydrogen) atoms. The normalized spacial score (nSPS) is 11.4. The van der Waals surface area contributed by atoms with Crippen LogP contribution in [0.5, 0.6) is 17.2 Å². The number of hydrogen-bond donors (Lipinski definition) is 0. The zero-order valence-electron chi connectivity index (χ0n) is 14.4. The molecule has 0 N–H and O–H groups in total. The molecule has 0 aliphatic heterocycles. The largest absolute Gasteiger partial charge is 0.491 e. The first kappa shape index (κ1) is 20.7. The molecule has 0 aliphatic rings. The molecule has 3 nitrogen and oxygen atoms in total. The molecule has 2 aromatic carbocycles. The topological polar surface area (TPSA) is 27.7 Å². The van der Waals surface area contributed by atoms with Gasteiger partial charge in [0.2, 0.25) is 17.5 Å². The van der Waals surface area contributed by atoms with Crippen molar-refractivity contribution in [2.24, 2.45) is 0 Å². The van der Waals surface area contributed by atoms with Crippen LogP contribution in [0.2, 0.25) is 0 Å². The second kappa shape index (κ2) is 8.41. The van der Waals surface area contributed by atoms with Crippen molar-refractivity contribution < 1.29 is 40.6 Å². The summed E-state index contributed by atoms with van der Waals surface area (Å²) in [6.45, 7) is 3.30. The summed E-state index contributed by atoms with van der Waals surface area (Å²) in [5.41, 5.74) is -1.49. The minimum atomic E-state index is -4.48. The highest BCUT2D eigenvalue weighted by Gasteiger charge is 2.40. The van der Waals surface area contributed by atoms with Crippen LogP contribution in [0.15, 0.2) is 24.3 Å². The summed E-state index contributed by atoms with van der Waals surface area (Å²) in [5, 5.41) is 0. The molecule has 0 aliphatic carbocycles. The Balaban J connectivity index is 2.34. The molecule has 2 rings (SSSR count). The van der Waals surface area contributed by atoms with Gasteiger partial charge in [-0.05, 0) is 37.6 Å². The standard InChI is InChI=1S/C18H16F6O3/c1-3-9-26-12-7-8-13(17(22)16(12)21)27-18(23,24)10-5-6-11(25-4-2)15(20)14(10)19/h5-8H,3-4,9H2,1-2H3. The monoisotopic (exact) mass is 394 g/mol. The Labute approximate surface area is 151 Å². The Bertz CT molecular complexity index is 810. The quantitative estimate of drug-likeness (QED) is 0.549. The summed E-state index contributed by atoms with van der Waals surface area (Å²) in [6.07, 6.45) is -3.96. The van der Waals surface area contributed by atoms with Gasteiger partial charge in [0.15, 0.2) is 23.1 Å². The number of hydrogen-bond acceptors (Lipinski definition) is 3. The highest BCUT2D eigenvalue weighted by atomic mass is 19.3. The van der Waals surface area contributed by atoms with Crippen molar-refractivity contribution >= 4 is 0 Å². The highest BCUT2D eigenvalue weighted by molar-refractivity contribution is 5.37. The van der Waals surface area contributed by atoms with E-state index in [0.29, 0.717) is 18.6 Å². The molecule has 148 valence electrons. The smallest absolute Gasteiger partial charge is 0.429 e. The summed E-state index contributed by atoms with van der Waals surface area (Å²) in [4.78, 5) is 0. The van der Waals surface area contributed by atoms with E-state index in [1.807, 2.05) is 0 Å². The van der Waals surface area contributed by atoms with E-state index < -0.39 is 52.2 Å². The van der Waals surface area contributed by atoms with E-state index in [0.717, 1.165) is 12.1 Å². The van der Waals surface area contributed by atoms with Gasteiger partial charge in [0.05, 0.1) is 13.2 Å². The van der Waals surface area contributed by atoms with Crippen LogP contribution in [-0.4, -0.2) is 13.2 Å². The lowest BCUT2D eigenvalue weighted by molar-refractivity contribution is -0.189. The third kappa shape index (κ3) is 4.40. The molecule has 0 spiro atoms. The second-order valence-corrected chi connectivity index (χ2v) is 5.33. The Morgan fingerprint density at radius 1 is 0.741 bits per heavy atom. The minimum absolute atomic E-state index is 0.0143. The molecule has 0 saturated heterocycles. The average Bonchev–Trinajstić information content (AvgIpc) is 2.62. The lowest BCUT2D eigenvalue weighted by Crippen LogP contribution is -2.25. The maximum Gasteiger partial charge on any atom is 0.429 e. The summed E-state index contributed by atoms with van der Waals surface area (Å²) in [7, 11) is 0. The van der Waals surface area contributed by atoms with Gasteiger partial charge in [0.1, 0.15) is 5.56 Å². The zero-order chi connectivity index (χ0) is 20.2. The first-order chi connectivity index (χ1) is 12.7. The average molecular weight is 394 g/mol. The lowest BCUT2D eigenvalue weighted by Gasteiger charge is -2.20. The van der Waals surface area contributed by atoms with Gasteiger partial charge in [-0.15, -0.1) is 0 Å². The van der Waals surface area contributed by atoms with E-state index in [-0.39, 0.29) is 13.2 Å². The van der Waals surface area contributed by atoms with Crippen molar-refractivity contribution in [1.29, 1.82) is 0 Å². The predicted octanol–water partition coefficient (Wildman–Crippen LogP) is 5.56. The van der Waals surface area contributed by atoms with E-state index in [4.69, 9.17) is 9.47 Å². The number of rotatable bonds is 8. The second-order valence-electron chi connectivity index (χ2n) is 5.33. The van der Waals surface area contributed by atoms with Crippen LogP contribution < -0.4 is 14.2 Å². The van der Waals surface area contributed by atoms with Gasteiger partial charge in [-0.2, -0.15) is 22.0 Å². The van der Waals surface area contributed by atoms with Gasteiger partial charge < -0.3 is 14.2 Å². The Morgan fingerprint density at radius 2 is 1.26 bits per heavy atom. The molecule has 0 amide bonds. The molecule has 0 heterocycles. The van der Waals surface area contributed by atoms with Gasteiger partial charge >= 0.3 is 6.11 Å². The van der Waals surface area contributed by atoms with E-state index in [1.54, 1.807) is 6.92 Å². The third-order valence-electron chi connectivity index (χ3n) is 3.37. The first-order valence-electron chi connectivity index (χ1n) is 8.01. The fraction of sp³-hybridized carbons (Fsp3) is 0.333. The van der Waals surface area contributed by atoms with Gasteiger partial charge in [-0.1, -0.05) is 6.92 Å². The lowest BCUT2D eigenvalue weighted by atomic mass is 10.1. The highest BCUT2D eigenvalue weighted by Crippen LogP contribution is 2.38. The maximum atomic E-state index is 14.2. The maximum absolute atomic E-state index is 14.2. The molecule has 0 fully saturated rings. The van der Waals surface area contributed by atoms with Gasteiger partial charge in [-0.3, -0.25) is 0 Å². The van der Waals surface area contributed by atoms with Crippen molar-refractivity contribution in [1.82, 2.24) is 0 Å². The fourth-order valence-corrected chi connectivity index (χ4v) is 2.13. The molecular formula is C18H16F6O3. The molecule has 0 unspecified atom stereocenters. The molecule has 0 aromatic heterocycles. The molecule has 0 bridgehead atoms. The van der Waals surface area contributed by atoms with Crippen LogP contribution in [0.1, 0.15) is 25.8 Å². The molecule has 0 radical (unpaired) electrons. The predicted molar refractivity (Wildman–Crippen MR) is 84.2 cm³/mol. The van der Waals surface area contributed by atoms with Crippen LogP contribution in [0.25, 0.3) is 0 Å². The summed E-state index contributed by atoms with van der Waals surface area (Å²) in [6, 6.07) is 2.93. The van der Waals surface area contributed by atoms with Crippen LogP contribution in [0, 0.1) is 23.3 Å². The summed E-state index contributed by atoms with van der Waals surface area (Å²) in [5.74, 6) is -9.07. The Morgan fingerprint density at radius 3 is 1.89 bits per heavy atom. The summed E-state index contributed by atoms with van der Waals surface area (Å²) >= 11 is 0. The SMILES string of the molecule is CCCOc1ccc(OC(F)(F)c2ccc(OCC)c(F)c2F)c(F)c1F. The zero-order valence-corrected chi connectivity index (χ0v) is 14.4. The van der Waals surface area contributed by atoms with E-state index >= 15 is 0 Å². The summed E-state index contributed by atoms with van der Waals surface area (Å²) < 4.78 is 97.9. The van der Waals surface area contributed by atoms with Gasteiger partial charge in [-0.25, -0.2) is 4.39 Å². The Kier molecular flexibility index (Phi) is 6.45. The van der Waals surface area contributed by atoms with E-state index in [9.17, 15) is 26.3 Å². The van der Waals surface area contributed by atoms with Crippen LogP contribution in [0.3, 0.4) is 0 Å². The molecule has 0 saturated carbocycles. The molecular weight excluding hydrogens is 378 g/mol. The van der Waals surface area contributed by atoms with Crippen molar-refractivity contribution in [2.45, 2.75) is 26.4 Å². The van der Waals surface area contributed by atoms with Gasteiger partial charge in [0, 0.05) is 0 Å². The number of alkyl halides is 2. The fourth-order valence-electron chi connectivity index (χ4n) is 2.13. The van der Waals surface area contributed by atoms with E-state index in [1.165, 1.54) is 6.92 Å². The first-order valence-corrected chi connectivity index (χ1v) is 8.01. The minimum Gasteiger partial charge on any atom is -0.491 e. The van der Waals surface area contributed by atoms with Crippen LogP contribution in [0.4, 0.5) is 26.3 Å². The molecule has 0 atom stereocenters. The van der Waals surface area contributed by atoms with Crippen molar-refractivity contribution in [3.63, 3.8) is 0 Å². The number of halogens is 6. The molecule has 9 heteroatoms. The third-order valence-corrected chi connectivity index (χ3v) is 3.37. The number of ether oxygens (including phenoxy) is 3. The van der Waals surface area contributed by atoms with Crippen LogP contribution in [-0.2, 0) is 6.11 Å². The van der Waals surface area contributed by atoms with E-state index in [2.05, 4.69) is 4.74 Å².